The highest BCUT2D eigenvalue weighted by Crippen LogP contribution is 2.29. The third-order valence-electron chi connectivity index (χ3n) is 5.66. The van der Waals surface area contributed by atoms with Crippen molar-refractivity contribution < 1.29 is 19.5 Å². The number of rotatable bonds is 6. The lowest BCUT2D eigenvalue weighted by Crippen LogP contribution is -2.51. The molecule has 27 heavy (non-hydrogen) atoms. The summed E-state index contributed by atoms with van der Waals surface area (Å²) in [6.45, 7) is 10.8. The van der Waals surface area contributed by atoms with Crippen LogP contribution in [0.1, 0.15) is 40.0 Å². The second-order valence-corrected chi connectivity index (χ2v) is 8.09. The van der Waals surface area contributed by atoms with Gasteiger partial charge in [0.05, 0.1) is 0 Å². The summed E-state index contributed by atoms with van der Waals surface area (Å²) in [5.41, 5.74) is 0. The van der Waals surface area contributed by atoms with Gasteiger partial charge in [0.25, 0.3) is 0 Å². The third-order valence-corrected chi connectivity index (χ3v) is 5.66. The summed E-state index contributed by atoms with van der Waals surface area (Å²) >= 11 is 0. The van der Waals surface area contributed by atoms with Crippen LogP contribution in [0.4, 0.5) is 4.79 Å². The monoisotopic (exact) mass is 382 g/mol. The van der Waals surface area contributed by atoms with Crippen molar-refractivity contribution >= 4 is 17.9 Å². The molecule has 0 unspecified atom stereocenters. The van der Waals surface area contributed by atoms with E-state index in [9.17, 15) is 19.5 Å². The molecule has 2 aliphatic rings. The zero-order valence-corrected chi connectivity index (χ0v) is 16.8. The molecule has 0 aromatic rings. The molecule has 0 saturated carbocycles. The van der Waals surface area contributed by atoms with E-state index in [1.54, 1.807) is 6.92 Å². The van der Waals surface area contributed by atoms with Crippen LogP contribution < -0.4 is 5.32 Å². The highest BCUT2D eigenvalue weighted by atomic mass is 16.4. The largest absolute Gasteiger partial charge is 0.481 e. The van der Waals surface area contributed by atoms with Crippen molar-refractivity contribution in [3.05, 3.63) is 0 Å². The molecule has 2 atom stereocenters. The van der Waals surface area contributed by atoms with E-state index in [2.05, 4.69) is 10.2 Å². The molecule has 0 bridgehead atoms. The first-order valence-corrected chi connectivity index (χ1v) is 10.0. The normalized spacial score (nSPS) is 24.1. The van der Waals surface area contributed by atoms with Crippen molar-refractivity contribution in [2.45, 2.75) is 46.1 Å². The van der Waals surface area contributed by atoms with Gasteiger partial charge in [-0.15, -0.1) is 0 Å². The fourth-order valence-electron chi connectivity index (χ4n) is 4.06. The number of likely N-dealkylation sites (tertiary alicyclic amines) is 1. The molecule has 2 heterocycles. The van der Waals surface area contributed by atoms with Gasteiger partial charge in [-0.05, 0) is 45.1 Å². The van der Waals surface area contributed by atoms with Crippen molar-refractivity contribution in [2.24, 2.45) is 11.8 Å². The van der Waals surface area contributed by atoms with Crippen LogP contribution in [0.5, 0.6) is 0 Å². The minimum atomic E-state index is -0.764. The van der Waals surface area contributed by atoms with Crippen LogP contribution in [-0.4, -0.2) is 89.6 Å². The summed E-state index contributed by atoms with van der Waals surface area (Å²) in [5, 5.41) is 12.2. The first-order chi connectivity index (χ1) is 12.8. The summed E-state index contributed by atoms with van der Waals surface area (Å²) in [6, 6.07) is 0.0316. The SMILES string of the molecule is CC(=O)N1CCN(CC[C@H]2CN(C(=O)NC(C)C)CC[C@H]2CC(=O)O)CC1. The fraction of sp³-hybridized carbons (Fsp3) is 0.842. The lowest BCUT2D eigenvalue weighted by atomic mass is 9.81. The zero-order valence-electron chi connectivity index (χ0n) is 16.8. The molecule has 0 aromatic heterocycles. The lowest BCUT2D eigenvalue weighted by Gasteiger charge is -2.40. The Kier molecular flexibility index (Phi) is 7.89. The Morgan fingerprint density at radius 1 is 1.04 bits per heavy atom. The van der Waals surface area contributed by atoms with Crippen LogP contribution in [0.25, 0.3) is 0 Å². The number of amides is 3. The van der Waals surface area contributed by atoms with E-state index in [-0.39, 0.29) is 36.2 Å². The van der Waals surface area contributed by atoms with Crippen LogP contribution >= 0.6 is 0 Å². The van der Waals surface area contributed by atoms with E-state index >= 15 is 0 Å². The number of piperazine rings is 1. The molecule has 0 radical (unpaired) electrons. The Morgan fingerprint density at radius 3 is 2.26 bits per heavy atom. The van der Waals surface area contributed by atoms with Gasteiger partial charge in [-0.2, -0.15) is 0 Å². The number of hydrogen-bond acceptors (Lipinski definition) is 4. The molecular formula is C19H34N4O4. The number of hydrogen-bond donors (Lipinski definition) is 2. The van der Waals surface area contributed by atoms with Crippen molar-refractivity contribution in [3.63, 3.8) is 0 Å². The van der Waals surface area contributed by atoms with E-state index in [1.807, 2.05) is 23.6 Å². The average molecular weight is 383 g/mol. The second-order valence-electron chi connectivity index (χ2n) is 8.09. The Hall–Kier alpha value is -1.83. The molecule has 0 aliphatic carbocycles. The van der Waals surface area contributed by atoms with Gasteiger partial charge >= 0.3 is 12.0 Å². The number of aliphatic carboxylic acids is 1. The highest BCUT2D eigenvalue weighted by Gasteiger charge is 2.33. The van der Waals surface area contributed by atoms with Crippen molar-refractivity contribution in [3.8, 4) is 0 Å². The first-order valence-electron chi connectivity index (χ1n) is 10.0. The number of nitrogens with zero attached hydrogens (tertiary/aromatic N) is 3. The number of nitrogens with one attached hydrogen (secondary N) is 1. The minimum Gasteiger partial charge on any atom is -0.481 e. The van der Waals surface area contributed by atoms with Crippen LogP contribution in [-0.2, 0) is 9.59 Å². The quantitative estimate of drug-likeness (QED) is 0.717. The van der Waals surface area contributed by atoms with Gasteiger partial charge in [-0.25, -0.2) is 4.79 Å². The molecule has 2 rings (SSSR count). The Balaban J connectivity index is 1.89. The predicted octanol–water partition coefficient (Wildman–Crippen LogP) is 1.07. The van der Waals surface area contributed by atoms with Crippen molar-refractivity contribution in [1.29, 1.82) is 0 Å². The average Bonchev–Trinajstić information content (AvgIpc) is 2.60. The van der Waals surface area contributed by atoms with Crippen molar-refractivity contribution in [1.82, 2.24) is 20.0 Å². The van der Waals surface area contributed by atoms with Crippen LogP contribution in [0.2, 0.25) is 0 Å². The summed E-state index contributed by atoms with van der Waals surface area (Å²) in [7, 11) is 0. The van der Waals surface area contributed by atoms with Gasteiger partial charge in [0.2, 0.25) is 5.91 Å². The number of urea groups is 1. The fourth-order valence-corrected chi connectivity index (χ4v) is 4.06. The molecule has 2 aliphatic heterocycles. The lowest BCUT2D eigenvalue weighted by molar-refractivity contribution is -0.139. The first kappa shape index (κ1) is 21.5. The number of carbonyl (C=O) groups excluding carboxylic acids is 2. The molecule has 2 fully saturated rings. The summed E-state index contributed by atoms with van der Waals surface area (Å²) in [6.07, 6.45) is 1.78. The van der Waals surface area contributed by atoms with Crippen LogP contribution in [0, 0.1) is 11.8 Å². The second kappa shape index (κ2) is 9.92. The molecule has 154 valence electrons. The van der Waals surface area contributed by atoms with E-state index in [4.69, 9.17) is 0 Å². The summed E-state index contributed by atoms with van der Waals surface area (Å²) in [5.74, 6) is -0.335. The molecule has 3 amide bonds. The van der Waals surface area contributed by atoms with Gasteiger partial charge in [0.1, 0.15) is 0 Å². The zero-order chi connectivity index (χ0) is 20.0. The molecule has 2 N–H and O–H groups in total. The van der Waals surface area contributed by atoms with E-state index in [0.29, 0.717) is 13.1 Å². The van der Waals surface area contributed by atoms with E-state index in [1.165, 1.54) is 0 Å². The number of piperidine rings is 1. The van der Waals surface area contributed by atoms with E-state index < -0.39 is 5.97 Å². The van der Waals surface area contributed by atoms with Gasteiger partial charge in [0.15, 0.2) is 0 Å². The maximum atomic E-state index is 12.3. The Morgan fingerprint density at radius 2 is 1.70 bits per heavy atom. The summed E-state index contributed by atoms with van der Waals surface area (Å²) < 4.78 is 0. The maximum absolute atomic E-state index is 12.3. The van der Waals surface area contributed by atoms with Gasteiger partial charge in [0, 0.05) is 58.7 Å². The number of carboxylic acids is 1. The van der Waals surface area contributed by atoms with Crippen LogP contribution in [0.15, 0.2) is 0 Å². The van der Waals surface area contributed by atoms with Gasteiger partial charge < -0.3 is 20.2 Å². The smallest absolute Gasteiger partial charge is 0.317 e. The Bertz CT molecular complexity index is 532. The molecular weight excluding hydrogens is 348 g/mol. The third kappa shape index (κ3) is 6.68. The molecule has 0 spiro atoms. The number of carbonyl (C=O) groups is 3. The Labute approximate surface area is 161 Å². The minimum absolute atomic E-state index is 0.0566. The van der Waals surface area contributed by atoms with Gasteiger partial charge in [-0.3, -0.25) is 14.5 Å². The van der Waals surface area contributed by atoms with E-state index in [0.717, 1.165) is 45.6 Å². The standard InChI is InChI=1S/C19H34N4O4/c1-14(2)20-19(27)23-7-5-16(12-18(25)26)17(13-23)4-6-21-8-10-22(11-9-21)15(3)24/h14,16-17H,4-13H2,1-3H3,(H,20,27)(H,25,26)/t16-,17-/m0/s1. The maximum Gasteiger partial charge on any atom is 0.317 e. The highest BCUT2D eigenvalue weighted by molar-refractivity contribution is 5.74. The molecule has 8 nitrogen and oxygen atoms in total. The van der Waals surface area contributed by atoms with Crippen LogP contribution in [0.3, 0.4) is 0 Å². The summed E-state index contributed by atoms with van der Waals surface area (Å²) in [4.78, 5) is 41.1. The molecule has 8 heteroatoms. The predicted molar refractivity (Wildman–Crippen MR) is 102 cm³/mol. The van der Waals surface area contributed by atoms with Gasteiger partial charge in [-0.1, -0.05) is 0 Å². The molecule has 0 aromatic carbocycles. The van der Waals surface area contributed by atoms with Crippen molar-refractivity contribution in [2.75, 3.05) is 45.8 Å². The molecule has 2 saturated heterocycles. The number of carboxylic acid groups (broad SMARTS) is 1. The topological polar surface area (TPSA) is 93.2 Å².